The largest absolute Gasteiger partial charge is 0.390 e. The lowest BCUT2D eigenvalue weighted by Gasteiger charge is -2.29. The molecule has 2 atom stereocenters. The van der Waals surface area contributed by atoms with Crippen molar-refractivity contribution in [3.05, 3.63) is 65.5 Å². The molecule has 0 saturated heterocycles. The zero-order chi connectivity index (χ0) is 13.1. The van der Waals surface area contributed by atoms with Crippen molar-refractivity contribution in [3.63, 3.8) is 0 Å². The number of ether oxygens (including phenoxy) is 1. The number of aliphatic hydroxyl groups is 1. The van der Waals surface area contributed by atoms with Crippen molar-refractivity contribution in [2.24, 2.45) is 0 Å². The lowest BCUT2D eigenvalue weighted by atomic mass is 9.92. The molecule has 0 amide bonds. The monoisotopic (exact) mass is 255 g/mol. The summed E-state index contributed by atoms with van der Waals surface area (Å²) in [6, 6.07) is 12.1. The molecule has 2 unspecified atom stereocenters. The number of benzene rings is 1. The van der Waals surface area contributed by atoms with Gasteiger partial charge in [-0.25, -0.2) is 0 Å². The fraction of sp³-hybridized carbons (Fsp3) is 0.312. The number of hydrogen-bond acceptors (Lipinski definition) is 3. The maximum absolute atomic E-state index is 10.4. The summed E-state index contributed by atoms with van der Waals surface area (Å²) in [7, 11) is 0. The van der Waals surface area contributed by atoms with Crippen LogP contribution in [0.25, 0.3) is 0 Å². The second kappa shape index (κ2) is 5.51. The third-order valence-corrected chi connectivity index (χ3v) is 3.55. The number of nitrogens with zero attached hydrogens (tertiary/aromatic N) is 1. The molecule has 2 aromatic rings. The number of aliphatic hydroxyl groups excluding tert-OH is 1. The number of hydrogen-bond donors (Lipinski definition) is 1. The molecule has 0 fully saturated rings. The summed E-state index contributed by atoms with van der Waals surface area (Å²) in [6.45, 7) is 0.672. The van der Waals surface area contributed by atoms with Crippen molar-refractivity contribution in [1.82, 2.24) is 4.98 Å². The van der Waals surface area contributed by atoms with Crippen LogP contribution < -0.4 is 0 Å². The standard InChI is InChI=1S/C16H17NO2/c18-15(10-12-4-3-8-17-11-12)16-14-6-2-1-5-13(14)7-9-19-16/h1-6,8,11,15-16,18H,7,9-10H2. The van der Waals surface area contributed by atoms with Crippen molar-refractivity contribution in [1.29, 1.82) is 0 Å². The highest BCUT2D eigenvalue weighted by Crippen LogP contribution is 2.30. The van der Waals surface area contributed by atoms with Crippen LogP contribution in [0.1, 0.15) is 22.8 Å². The van der Waals surface area contributed by atoms with Gasteiger partial charge < -0.3 is 9.84 Å². The molecule has 1 aromatic heterocycles. The molecule has 2 heterocycles. The van der Waals surface area contributed by atoms with Crippen LogP contribution in [0.2, 0.25) is 0 Å². The maximum Gasteiger partial charge on any atom is 0.109 e. The van der Waals surface area contributed by atoms with Crippen LogP contribution >= 0.6 is 0 Å². The first-order valence-corrected chi connectivity index (χ1v) is 6.61. The molecule has 98 valence electrons. The van der Waals surface area contributed by atoms with E-state index in [1.54, 1.807) is 12.4 Å². The number of rotatable bonds is 3. The number of aromatic nitrogens is 1. The minimum Gasteiger partial charge on any atom is -0.390 e. The lowest BCUT2D eigenvalue weighted by molar-refractivity contribution is -0.0460. The molecule has 1 aliphatic heterocycles. The van der Waals surface area contributed by atoms with Gasteiger partial charge in [-0.3, -0.25) is 4.98 Å². The Morgan fingerprint density at radius 2 is 2.16 bits per heavy atom. The Balaban J connectivity index is 1.80. The minimum absolute atomic E-state index is 0.231. The molecule has 0 spiro atoms. The van der Waals surface area contributed by atoms with Gasteiger partial charge >= 0.3 is 0 Å². The molecule has 19 heavy (non-hydrogen) atoms. The summed E-state index contributed by atoms with van der Waals surface area (Å²) in [5.41, 5.74) is 3.43. The van der Waals surface area contributed by atoms with E-state index in [0.717, 1.165) is 17.5 Å². The second-order valence-corrected chi connectivity index (χ2v) is 4.87. The highest BCUT2D eigenvalue weighted by atomic mass is 16.5. The summed E-state index contributed by atoms with van der Waals surface area (Å²) in [4.78, 5) is 4.08. The average Bonchev–Trinajstić information content (AvgIpc) is 2.47. The molecule has 0 bridgehead atoms. The molecule has 1 N–H and O–H groups in total. The molecule has 0 aliphatic carbocycles. The van der Waals surface area contributed by atoms with Gasteiger partial charge in [-0.2, -0.15) is 0 Å². The van der Waals surface area contributed by atoms with Crippen LogP contribution in [0, 0.1) is 0 Å². The Hall–Kier alpha value is -1.71. The Kier molecular flexibility index (Phi) is 3.58. The van der Waals surface area contributed by atoms with Crippen LogP contribution in [-0.4, -0.2) is 22.8 Å². The van der Waals surface area contributed by atoms with Gasteiger partial charge in [0, 0.05) is 18.8 Å². The van der Waals surface area contributed by atoms with Gasteiger partial charge in [0.1, 0.15) is 6.10 Å². The van der Waals surface area contributed by atoms with E-state index in [0.29, 0.717) is 13.0 Å². The Bertz CT molecular complexity index is 541. The molecule has 1 aliphatic rings. The van der Waals surface area contributed by atoms with Crippen LogP contribution in [0.15, 0.2) is 48.8 Å². The van der Waals surface area contributed by atoms with Crippen molar-refractivity contribution in [3.8, 4) is 0 Å². The Labute approximate surface area is 112 Å². The fourth-order valence-corrected chi connectivity index (χ4v) is 2.61. The fourth-order valence-electron chi connectivity index (χ4n) is 2.61. The minimum atomic E-state index is -0.536. The van der Waals surface area contributed by atoms with Gasteiger partial charge in [-0.1, -0.05) is 30.3 Å². The van der Waals surface area contributed by atoms with E-state index >= 15 is 0 Å². The summed E-state index contributed by atoms with van der Waals surface area (Å²) < 4.78 is 5.77. The first-order chi connectivity index (χ1) is 9.34. The summed E-state index contributed by atoms with van der Waals surface area (Å²) in [5.74, 6) is 0. The Morgan fingerprint density at radius 3 is 3.00 bits per heavy atom. The van der Waals surface area contributed by atoms with E-state index in [-0.39, 0.29) is 6.10 Å². The second-order valence-electron chi connectivity index (χ2n) is 4.87. The summed E-state index contributed by atoms with van der Waals surface area (Å²) in [5, 5.41) is 10.4. The molecule has 0 saturated carbocycles. The van der Waals surface area contributed by atoms with E-state index in [9.17, 15) is 5.11 Å². The van der Waals surface area contributed by atoms with E-state index in [2.05, 4.69) is 11.1 Å². The smallest absolute Gasteiger partial charge is 0.109 e. The van der Waals surface area contributed by atoms with Crippen LogP contribution in [0.3, 0.4) is 0 Å². The van der Waals surface area contributed by atoms with Gasteiger partial charge in [0.15, 0.2) is 0 Å². The van der Waals surface area contributed by atoms with Crippen molar-refractivity contribution in [2.75, 3.05) is 6.61 Å². The SMILES string of the molecule is OC(Cc1cccnc1)C1OCCc2ccccc21. The average molecular weight is 255 g/mol. The molecule has 3 rings (SSSR count). The predicted octanol–water partition coefficient (Wildman–Crippen LogP) is 2.30. The van der Waals surface area contributed by atoms with Gasteiger partial charge in [0.2, 0.25) is 0 Å². The molecule has 3 heteroatoms. The molecule has 3 nitrogen and oxygen atoms in total. The van der Waals surface area contributed by atoms with E-state index in [1.165, 1.54) is 5.56 Å². The quantitative estimate of drug-likeness (QED) is 0.915. The van der Waals surface area contributed by atoms with Crippen molar-refractivity contribution in [2.45, 2.75) is 25.0 Å². The van der Waals surface area contributed by atoms with Crippen molar-refractivity contribution >= 4 is 0 Å². The van der Waals surface area contributed by atoms with E-state index in [4.69, 9.17) is 4.74 Å². The molecular formula is C16H17NO2. The zero-order valence-corrected chi connectivity index (χ0v) is 10.7. The van der Waals surface area contributed by atoms with Crippen LogP contribution in [0.5, 0.6) is 0 Å². The first-order valence-electron chi connectivity index (χ1n) is 6.61. The summed E-state index contributed by atoms with van der Waals surface area (Å²) in [6.07, 6.45) is 4.25. The lowest BCUT2D eigenvalue weighted by Crippen LogP contribution is -2.28. The van der Waals surface area contributed by atoms with Crippen LogP contribution in [-0.2, 0) is 17.6 Å². The third-order valence-electron chi connectivity index (χ3n) is 3.55. The predicted molar refractivity (Wildman–Crippen MR) is 72.8 cm³/mol. The zero-order valence-electron chi connectivity index (χ0n) is 10.7. The molecule has 1 aromatic carbocycles. The molecule has 0 radical (unpaired) electrons. The number of fused-ring (bicyclic) bond motifs is 1. The normalized spacial score (nSPS) is 19.7. The van der Waals surface area contributed by atoms with Crippen LogP contribution in [0.4, 0.5) is 0 Å². The third kappa shape index (κ3) is 2.67. The number of pyridine rings is 1. The maximum atomic E-state index is 10.4. The van der Waals surface area contributed by atoms with Crippen molar-refractivity contribution < 1.29 is 9.84 Å². The Morgan fingerprint density at radius 1 is 1.26 bits per heavy atom. The first kappa shape index (κ1) is 12.3. The highest BCUT2D eigenvalue weighted by molar-refractivity contribution is 5.32. The van der Waals surface area contributed by atoms with Gasteiger partial charge in [-0.05, 0) is 29.2 Å². The van der Waals surface area contributed by atoms with Gasteiger partial charge in [0.05, 0.1) is 12.7 Å². The highest BCUT2D eigenvalue weighted by Gasteiger charge is 2.27. The van der Waals surface area contributed by atoms with E-state index in [1.807, 2.05) is 30.3 Å². The topological polar surface area (TPSA) is 42.4 Å². The summed E-state index contributed by atoms with van der Waals surface area (Å²) >= 11 is 0. The van der Waals surface area contributed by atoms with Gasteiger partial charge in [-0.15, -0.1) is 0 Å². The van der Waals surface area contributed by atoms with Gasteiger partial charge in [0.25, 0.3) is 0 Å². The van der Waals surface area contributed by atoms with E-state index < -0.39 is 6.10 Å². The molecular weight excluding hydrogens is 238 g/mol.